The molecule has 6 aromatic rings. The maximum absolute atomic E-state index is 10.2. The number of aromatic nitrogens is 4. The molecule has 0 aliphatic carbocycles. The second-order valence-corrected chi connectivity index (χ2v) is 17.3. The van der Waals surface area contributed by atoms with Crippen LogP contribution in [-0.2, 0) is 0 Å². The number of unbranched alkanes of at least 4 members (excludes halogenated alkanes) is 9. The summed E-state index contributed by atoms with van der Waals surface area (Å²) in [5.41, 5.74) is 16.2. The van der Waals surface area contributed by atoms with Crippen LogP contribution >= 0.6 is 0 Å². The molecule has 0 atom stereocenters. The van der Waals surface area contributed by atoms with Gasteiger partial charge in [0.05, 0.1) is 22.8 Å². The van der Waals surface area contributed by atoms with Gasteiger partial charge in [-0.2, -0.15) is 0 Å². The standard InChI is InChI=1S/C49H44N4O2.C10H22/c1-4-5-6-7-8-9-10-32(3)46-38-23-25-40(50-38)47(33-13-11-31(2)12-14-33)42-27-28-44(52-42)49(35-17-21-37(55)22-18-35)45-30-29-43(53-45)48(41-26-24-39(46)51-41)34-15-19-36(54)20-16-34;1-3-5-7-9-10-8-6-4-2/h5-6,10-30,50,53-55H,4,7-9H2,1-3H3;3-10H2,1-2H3/b6-5-,32-10+,46-38?,46-39?,47-40?,47-42?,48-41?,48-43?,49-44?,49-45?;. The van der Waals surface area contributed by atoms with Gasteiger partial charge in [0.25, 0.3) is 0 Å². The number of nitrogens with one attached hydrogen (secondary N) is 2. The smallest absolute Gasteiger partial charge is 0.115 e. The van der Waals surface area contributed by atoms with E-state index >= 15 is 0 Å². The zero-order valence-electron chi connectivity index (χ0n) is 39.1. The first-order valence-electron chi connectivity index (χ1n) is 23.9. The molecule has 65 heavy (non-hydrogen) atoms. The summed E-state index contributed by atoms with van der Waals surface area (Å²) in [6.07, 6.45) is 30.8. The minimum Gasteiger partial charge on any atom is -0.508 e. The van der Waals surface area contributed by atoms with Crippen LogP contribution in [-0.4, -0.2) is 30.1 Å². The molecular formula is C59H66N4O2. The van der Waals surface area contributed by atoms with Gasteiger partial charge in [0.2, 0.25) is 0 Å². The van der Waals surface area contributed by atoms with E-state index in [1.807, 2.05) is 24.3 Å². The van der Waals surface area contributed by atoms with Gasteiger partial charge < -0.3 is 20.2 Å². The molecule has 0 saturated heterocycles. The zero-order valence-corrected chi connectivity index (χ0v) is 39.1. The van der Waals surface area contributed by atoms with Gasteiger partial charge in [-0.05, 0) is 135 Å². The Kier molecular flexibility index (Phi) is 16.3. The number of aryl methyl sites for hydroxylation is 1. The highest BCUT2D eigenvalue weighted by Crippen LogP contribution is 2.38. The molecule has 0 radical (unpaired) electrons. The Bertz CT molecular complexity index is 2760. The lowest BCUT2D eigenvalue weighted by Gasteiger charge is -2.07. The number of rotatable bonds is 16. The van der Waals surface area contributed by atoms with E-state index in [0.29, 0.717) is 0 Å². The quantitative estimate of drug-likeness (QED) is 0.0574. The minimum atomic E-state index is 0.199. The molecule has 0 spiro atoms. The fourth-order valence-electron chi connectivity index (χ4n) is 8.66. The lowest BCUT2D eigenvalue weighted by atomic mass is 10.0. The van der Waals surface area contributed by atoms with E-state index < -0.39 is 0 Å². The zero-order chi connectivity index (χ0) is 45.5. The van der Waals surface area contributed by atoms with Crippen LogP contribution in [0.3, 0.4) is 0 Å². The van der Waals surface area contributed by atoms with Gasteiger partial charge in [-0.1, -0.05) is 144 Å². The minimum absolute atomic E-state index is 0.199. The number of fused-ring (bicyclic) bond motifs is 8. The average Bonchev–Trinajstić information content (AvgIpc) is 4.17. The van der Waals surface area contributed by atoms with Crippen molar-refractivity contribution >= 4 is 51.9 Å². The van der Waals surface area contributed by atoms with Crippen molar-refractivity contribution in [1.82, 2.24) is 19.9 Å². The largest absolute Gasteiger partial charge is 0.508 e. The van der Waals surface area contributed by atoms with E-state index in [9.17, 15) is 10.2 Å². The third kappa shape index (κ3) is 11.7. The Labute approximate surface area is 386 Å². The number of aromatic hydroxyl groups is 2. The van der Waals surface area contributed by atoms with E-state index in [2.05, 4.69) is 136 Å². The molecule has 0 amide bonds. The predicted molar refractivity (Wildman–Crippen MR) is 278 cm³/mol. The van der Waals surface area contributed by atoms with E-state index in [4.69, 9.17) is 9.97 Å². The van der Waals surface area contributed by atoms with Crippen molar-refractivity contribution in [2.24, 2.45) is 0 Å². The van der Waals surface area contributed by atoms with Crippen LogP contribution in [0.4, 0.5) is 0 Å². The lowest BCUT2D eigenvalue weighted by molar-refractivity contribution is 0.475. The molecule has 4 N–H and O–H groups in total. The van der Waals surface area contributed by atoms with E-state index in [1.165, 1.54) is 56.9 Å². The molecule has 6 nitrogen and oxygen atoms in total. The van der Waals surface area contributed by atoms with Crippen LogP contribution < -0.4 is 0 Å². The normalized spacial score (nSPS) is 12.2. The predicted octanol–water partition coefficient (Wildman–Crippen LogP) is 17.1. The number of hydrogen-bond donors (Lipinski definition) is 4. The van der Waals surface area contributed by atoms with Gasteiger partial charge in [-0.15, -0.1) is 0 Å². The van der Waals surface area contributed by atoms with Crippen molar-refractivity contribution in [2.45, 2.75) is 112 Å². The highest BCUT2D eigenvalue weighted by molar-refractivity contribution is 5.99. The van der Waals surface area contributed by atoms with Gasteiger partial charge in [0.15, 0.2) is 0 Å². The van der Waals surface area contributed by atoms with Crippen LogP contribution in [0.2, 0.25) is 0 Å². The molecule has 334 valence electrons. The number of H-pyrrole nitrogens is 2. The molecule has 5 heterocycles. The van der Waals surface area contributed by atoms with Gasteiger partial charge in [-0.25, -0.2) is 9.97 Å². The first kappa shape index (κ1) is 46.3. The molecule has 0 fully saturated rings. The van der Waals surface area contributed by atoms with Crippen LogP contribution in [0.15, 0.2) is 115 Å². The van der Waals surface area contributed by atoms with Crippen molar-refractivity contribution in [1.29, 1.82) is 0 Å². The highest BCUT2D eigenvalue weighted by atomic mass is 16.3. The molecule has 8 rings (SSSR count). The molecule has 0 unspecified atom stereocenters. The van der Waals surface area contributed by atoms with Gasteiger partial charge in [0.1, 0.15) is 11.5 Å². The molecule has 2 aliphatic heterocycles. The Morgan fingerprint density at radius 1 is 0.477 bits per heavy atom. The topological polar surface area (TPSA) is 97.8 Å². The number of phenolic OH excluding ortho intramolecular Hbond substituents is 2. The third-order valence-corrected chi connectivity index (χ3v) is 12.2. The number of hydrogen-bond acceptors (Lipinski definition) is 4. The first-order valence-corrected chi connectivity index (χ1v) is 23.9. The van der Waals surface area contributed by atoms with Crippen molar-refractivity contribution in [3.63, 3.8) is 0 Å². The molecular weight excluding hydrogens is 797 g/mol. The highest BCUT2D eigenvalue weighted by Gasteiger charge is 2.19. The van der Waals surface area contributed by atoms with E-state index in [0.717, 1.165) is 115 Å². The fraction of sp³-hybridized carbons (Fsp3) is 0.288. The summed E-state index contributed by atoms with van der Waals surface area (Å²) < 4.78 is 0. The van der Waals surface area contributed by atoms with Crippen LogP contribution in [0.5, 0.6) is 11.5 Å². The van der Waals surface area contributed by atoms with Crippen LogP contribution in [0, 0.1) is 6.92 Å². The SMILES string of the molecule is CC/C=C\CCC/C=C(\C)c1c2nc(c(-c3ccc(O)cc3)c3ccc([nH]3)c(-c3ccc(O)cc3)c3nc(c(-c4ccc(C)cc4)c4ccc1[nH]4)C=C3)C=C2.CCCCCCCCCC. The third-order valence-electron chi connectivity index (χ3n) is 12.2. The Hall–Kier alpha value is -6.66. The van der Waals surface area contributed by atoms with Crippen LogP contribution in [0.25, 0.3) is 85.3 Å². The Balaban J connectivity index is 0.000000565. The first-order chi connectivity index (χ1) is 31.8. The monoisotopic (exact) mass is 863 g/mol. The lowest BCUT2D eigenvalue weighted by Crippen LogP contribution is -1.91. The summed E-state index contributed by atoms with van der Waals surface area (Å²) in [6.45, 7) is 11.0. The van der Waals surface area contributed by atoms with Crippen molar-refractivity contribution < 1.29 is 10.2 Å². The average molecular weight is 863 g/mol. The summed E-state index contributed by atoms with van der Waals surface area (Å²) in [5.74, 6) is 0.401. The molecule has 3 aromatic carbocycles. The second-order valence-electron chi connectivity index (χ2n) is 17.3. The van der Waals surface area contributed by atoms with Crippen molar-refractivity contribution in [3.8, 4) is 44.9 Å². The molecule has 2 aliphatic rings. The number of benzene rings is 3. The van der Waals surface area contributed by atoms with E-state index in [-0.39, 0.29) is 11.5 Å². The number of aromatic amines is 2. The van der Waals surface area contributed by atoms with Gasteiger partial charge in [-0.3, -0.25) is 0 Å². The number of phenols is 2. The van der Waals surface area contributed by atoms with E-state index in [1.54, 1.807) is 24.3 Å². The van der Waals surface area contributed by atoms with Crippen molar-refractivity contribution in [2.75, 3.05) is 0 Å². The maximum Gasteiger partial charge on any atom is 0.115 e. The summed E-state index contributed by atoms with van der Waals surface area (Å²) in [4.78, 5) is 18.3. The molecule has 8 bridgehead atoms. The Morgan fingerprint density at radius 3 is 1.37 bits per heavy atom. The molecule has 3 aromatic heterocycles. The Morgan fingerprint density at radius 2 is 0.892 bits per heavy atom. The summed E-state index contributed by atoms with van der Waals surface area (Å²) in [5, 5.41) is 20.5. The van der Waals surface area contributed by atoms with Gasteiger partial charge in [0, 0.05) is 44.3 Å². The summed E-state index contributed by atoms with van der Waals surface area (Å²) in [7, 11) is 0. The maximum atomic E-state index is 10.2. The van der Waals surface area contributed by atoms with Crippen molar-refractivity contribution in [3.05, 3.63) is 149 Å². The molecule has 0 saturated carbocycles. The summed E-state index contributed by atoms with van der Waals surface area (Å²) >= 11 is 0. The second kappa shape index (κ2) is 22.8. The summed E-state index contributed by atoms with van der Waals surface area (Å²) in [6, 6.07) is 31.6. The van der Waals surface area contributed by atoms with Gasteiger partial charge >= 0.3 is 0 Å². The molecule has 6 heteroatoms. The fourth-order valence-corrected chi connectivity index (χ4v) is 8.66. The number of nitrogens with zero attached hydrogens (tertiary/aromatic N) is 2. The number of allylic oxidation sites excluding steroid dienone is 4. The van der Waals surface area contributed by atoms with Crippen LogP contribution in [0.1, 0.15) is 139 Å².